The number of nitrogen functional groups attached to an aromatic ring is 1. The van der Waals surface area contributed by atoms with E-state index in [0.717, 1.165) is 69.0 Å². The van der Waals surface area contributed by atoms with Crippen molar-refractivity contribution in [2.45, 2.75) is 89.4 Å². The second-order valence-electron chi connectivity index (χ2n) is 16.7. The lowest BCUT2D eigenvalue weighted by Crippen LogP contribution is -2.45. The van der Waals surface area contributed by atoms with Crippen LogP contribution in [0, 0.1) is 17.2 Å². The number of halogens is 1. The van der Waals surface area contributed by atoms with Crippen LogP contribution < -0.4 is 20.7 Å². The molecule has 1 saturated carbocycles. The largest absolute Gasteiger partial charge is 0.372 e. The Hall–Kier alpha value is -4.47. The normalized spacial score (nSPS) is 21.0. The Morgan fingerprint density at radius 2 is 1.69 bits per heavy atom. The van der Waals surface area contributed by atoms with Crippen molar-refractivity contribution < 1.29 is 22.4 Å². The first kappa shape index (κ1) is 40.3. The van der Waals surface area contributed by atoms with E-state index in [2.05, 4.69) is 41.9 Å². The van der Waals surface area contributed by atoms with Gasteiger partial charge in [0.05, 0.1) is 38.6 Å². The smallest absolute Gasteiger partial charge is 0.234 e. The minimum atomic E-state index is -3.69. The summed E-state index contributed by atoms with van der Waals surface area (Å²) in [5.41, 5.74) is 9.62. The van der Waals surface area contributed by atoms with Crippen LogP contribution in [0.15, 0.2) is 54.7 Å². The molecule has 4 aliphatic rings. The number of hydrogen-bond donors (Lipinski definition) is 3. The lowest BCUT2D eigenvalue weighted by molar-refractivity contribution is -0.134. The van der Waals surface area contributed by atoms with Crippen LogP contribution in [0.2, 0.25) is 0 Å². The molecule has 4 fully saturated rings. The third-order valence-electron chi connectivity index (χ3n) is 12.9. The number of carbonyl (C=O) groups is 2. The van der Waals surface area contributed by atoms with Crippen LogP contribution in [-0.2, 0) is 19.6 Å². The zero-order valence-corrected chi connectivity index (χ0v) is 34.7. The Labute approximate surface area is 344 Å². The molecule has 2 aromatic carbocycles. The summed E-state index contributed by atoms with van der Waals surface area (Å²) in [5, 5.41) is 3.41. The van der Waals surface area contributed by atoms with Crippen molar-refractivity contribution in [2.75, 3.05) is 53.8 Å². The summed E-state index contributed by atoms with van der Waals surface area (Å²) in [6.45, 7) is 7.24. The van der Waals surface area contributed by atoms with Crippen LogP contribution in [0.25, 0.3) is 21.8 Å². The highest BCUT2D eigenvalue weighted by molar-refractivity contribution is 7.92. The van der Waals surface area contributed by atoms with E-state index in [0.29, 0.717) is 46.9 Å². The molecule has 2 amide bonds. The Morgan fingerprint density at radius 3 is 2.38 bits per heavy atom. The summed E-state index contributed by atoms with van der Waals surface area (Å²) in [5.74, 6) is -0.345. The van der Waals surface area contributed by atoms with Gasteiger partial charge < -0.3 is 15.5 Å². The highest BCUT2D eigenvalue weighted by Crippen LogP contribution is 2.51. The van der Waals surface area contributed by atoms with E-state index < -0.39 is 15.8 Å². The highest BCUT2D eigenvalue weighted by atomic mass is 32.2. The Morgan fingerprint density at radius 1 is 0.948 bits per heavy atom. The van der Waals surface area contributed by atoms with Crippen molar-refractivity contribution in [3.63, 3.8) is 0 Å². The first-order valence-electron chi connectivity index (χ1n) is 20.8. The molecule has 4 N–H and O–H groups in total. The van der Waals surface area contributed by atoms with Crippen molar-refractivity contribution in [3.8, 4) is 21.8 Å². The molecule has 1 spiro atoms. The number of sulfonamides is 1. The molecule has 0 unspecified atom stereocenters. The summed E-state index contributed by atoms with van der Waals surface area (Å²) in [4.78, 5) is 43.3. The van der Waals surface area contributed by atoms with E-state index in [1.807, 2.05) is 12.1 Å². The minimum absolute atomic E-state index is 0.0966. The van der Waals surface area contributed by atoms with Crippen molar-refractivity contribution in [3.05, 3.63) is 71.1 Å². The van der Waals surface area contributed by atoms with Crippen LogP contribution in [0.5, 0.6) is 0 Å². The lowest BCUT2D eigenvalue weighted by atomic mass is 9.65. The predicted molar refractivity (Wildman–Crippen MR) is 226 cm³/mol. The van der Waals surface area contributed by atoms with Crippen LogP contribution in [0.4, 0.5) is 21.7 Å². The molecule has 1 atom stereocenters. The van der Waals surface area contributed by atoms with Gasteiger partial charge >= 0.3 is 0 Å². The number of aromatic nitrogens is 3. The third-order valence-corrected chi connectivity index (χ3v) is 15.6. The second-order valence-corrected chi connectivity index (χ2v) is 19.6. The zero-order valence-electron chi connectivity index (χ0n) is 33.1. The fourth-order valence-electron chi connectivity index (χ4n) is 9.50. The fourth-order valence-corrected chi connectivity index (χ4v) is 11.9. The van der Waals surface area contributed by atoms with E-state index >= 15 is 4.39 Å². The molecule has 58 heavy (non-hydrogen) atoms. The maximum Gasteiger partial charge on any atom is 0.234 e. The number of anilines is 3. The molecule has 0 bridgehead atoms. The van der Waals surface area contributed by atoms with Gasteiger partial charge in [0.15, 0.2) is 5.82 Å². The van der Waals surface area contributed by atoms with Crippen LogP contribution in [-0.4, -0.2) is 78.6 Å². The molecule has 15 heteroatoms. The molecule has 2 aromatic heterocycles. The Kier molecular flexibility index (Phi) is 11.8. The standard InChI is InChI=1S/C43H53FN8O4S2/c1-2-26-58(55,56)50-34-5-3-4-33(37(34)44)38-39(35-14-21-46-42(45)47-35)57-41(49-38)30-12-17-43(18-13-30)19-24-51(25-20-43)27-28-15-22-52(23-16-28)31-8-6-29(7-9-31)32-10-11-36(53)48-40(32)54/h3-9,14,21,28,30,32,50H,2,10-13,15-20,22-27H2,1H3,(H2,45,46,47)(H,48,53,54)/t32-/m1/s1. The zero-order chi connectivity index (χ0) is 40.4. The van der Waals surface area contributed by atoms with E-state index in [-0.39, 0.29) is 46.6 Å². The monoisotopic (exact) mass is 828 g/mol. The molecule has 3 aliphatic heterocycles. The number of piperidine rings is 3. The van der Waals surface area contributed by atoms with Crippen molar-refractivity contribution in [2.24, 2.45) is 11.3 Å². The van der Waals surface area contributed by atoms with Gasteiger partial charge in [-0.1, -0.05) is 25.1 Å². The number of amides is 2. The first-order chi connectivity index (χ1) is 28.0. The Bertz CT molecular complexity index is 2220. The van der Waals surface area contributed by atoms with E-state index in [9.17, 15) is 18.0 Å². The minimum Gasteiger partial charge on any atom is -0.372 e. The van der Waals surface area contributed by atoms with Gasteiger partial charge in [0, 0.05) is 49.4 Å². The summed E-state index contributed by atoms with van der Waals surface area (Å²) in [7, 11) is -3.69. The van der Waals surface area contributed by atoms with Gasteiger partial charge in [0.25, 0.3) is 0 Å². The molecule has 308 valence electrons. The number of hydrogen-bond acceptors (Lipinski definition) is 11. The molecule has 3 saturated heterocycles. The summed E-state index contributed by atoms with van der Waals surface area (Å²) in [6, 6.07) is 14.8. The number of nitrogens with one attached hydrogen (secondary N) is 2. The van der Waals surface area contributed by atoms with Gasteiger partial charge in [0.1, 0.15) is 0 Å². The average molecular weight is 829 g/mol. The number of benzene rings is 2. The molecular formula is C43H53FN8O4S2. The maximum absolute atomic E-state index is 16.1. The first-order valence-corrected chi connectivity index (χ1v) is 23.2. The van der Waals surface area contributed by atoms with Gasteiger partial charge in [-0.05, 0) is 125 Å². The summed E-state index contributed by atoms with van der Waals surface area (Å²) >= 11 is 1.52. The number of nitrogens with zero attached hydrogens (tertiary/aromatic N) is 5. The van der Waals surface area contributed by atoms with Crippen LogP contribution in [0.3, 0.4) is 0 Å². The SMILES string of the molecule is CCCS(=O)(=O)Nc1cccc(-c2nc(C3CCC4(CC3)CCN(CC3CCN(c5ccc([C@H]6CCC(=O)NC6=O)cc5)CC3)CC4)sc2-c2ccnc(N)n2)c1F. The predicted octanol–water partition coefficient (Wildman–Crippen LogP) is 7.32. The quantitative estimate of drug-likeness (QED) is 0.131. The molecular weight excluding hydrogens is 776 g/mol. The average Bonchev–Trinajstić information content (AvgIpc) is 3.66. The molecule has 12 nitrogen and oxygen atoms in total. The molecule has 0 radical (unpaired) electrons. The van der Waals surface area contributed by atoms with Crippen LogP contribution >= 0.6 is 11.3 Å². The van der Waals surface area contributed by atoms with Gasteiger partial charge in [-0.2, -0.15) is 0 Å². The number of imide groups is 1. The summed E-state index contributed by atoms with van der Waals surface area (Å²) < 4.78 is 43.6. The second kappa shape index (κ2) is 17.0. The number of likely N-dealkylation sites (tertiary alicyclic amines) is 1. The number of rotatable bonds is 11. The van der Waals surface area contributed by atoms with Crippen molar-refractivity contribution in [1.29, 1.82) is 0 Å². The van der Waals surface area contributed by atoms with Crippen molar-refractivity contribution in [1.82, 2.24) is 25.2 Å². The Balaban J connectivity index is 0.862. The number of nitrogens with two attached hydrogens (primary N) is 1. The highest BCUT2D eigenvalue weighted by Gasteiger charge is 2.40. The fraction of sp³-hybridized carbons (Fsp3) is 0.512. The van der Waals surface area contributed by atoms with E-state index in [1.165, 1.54) is 48.8 Å². The lowest BCUT2D eigenvalue weighted by Gasteiger charge is -2.46. The molecule has 1 aliphatic carbocycles. The number of carbonyl (C=O) groups excluding carboxylic acids is 2. The van der Waals surface area contributed by atoms with Crippen molar-refractivity contribution >= 4 is 50.5 Å². The molecule has 8 rings (SSSR count). The summed E-state index contributed by atoms with van der Waals surface area (Å²) in [6.07, 6.45) is 12.0. The van der Waals surface area contributed by atoms with E-state index in [1.54, 1.807) is 31.3 Å². The van der Waals surface area contributed by atoms with Gasteiger partial charge in [0.2, 0.25) is 27.8 Å². The van der Waals surface area contributed by atoms with E-state index in [4.69, 9.17) is 10.7 Å². The molecule has 4 aromatic rings. The van der Waals surface area contributed by atoms with Crippen LogP contribution in [0.1, 0.15) is 100.0 Å². The van der Waals surface area contributed by atoms with Gasteiger partial charge in [-0.25, -0.2) is 27.8 Å². The van der Waals surface area contributed by atoms with Gasteiger partial charge in [-0.3, -0.25) is 19.6 Å². The topological polar surface area (TPSA) is 164 Å². The third kappa shape index (κ3) is 8.91. The molecule has 5 heterocycles. The number of thiazole rings is 1. The maximum atomic E-state index is 16.1. The van der Waals surface area contributed by atoms with Gasteiger partial charge in [-0.15, -0.1) is 11.3 Å².